The molecule has 1 saturated heterocycles. The van der Waals surface area contributed by atoms with Gasteiger partial charge in [-0.15, -0.1) is 0 Å². The number of hydrazone groups is 1. The van der Waals surface area contributed by atoms with Crippen molar-refractivity contribution in [2.75, 3.05) is 20.3 Å². The zero-order valence-electron chi connectivity index (χ0n) is 14.8. The first-order valence-corrected chi connectivity index (χ1v) is 8.96. The van der Waals surface area contributed by atoms with E-state index in [9.17, 15) is 0 Å². The third-order valence-corrected chi connectivity index (χ3v) is 4.47. The fourth-order valence-electron chi connectivity index (χ4n) is 2.84. The minimum Gasteiger partial charge on any atom is -0.496 e. The van der Waals surface area contributed by atoms with Crippen molar-refractivity contribution in [1.29, 1.82) is 0 Å². The molecule has 5 heteroatoms. The lowest BCUT2D eigenvalue weighted by Crippen LogP contribution is -2.73. The van der Waals surface area contributed by atoms with Gasteiger partial charge in [0.15, 0.2) is 18.5 Å². The second-order valence-corrected chi connectivity index (χ2v) is 6.51. The minimum absolute atomic E-state index is 0.252. The molecule has 1 aliphatic carbocycles. The summed E-state index contributed by atoms with van der Waals surface area (Å²) in [5.74, 6) is 13.4. The maximum atomic E-state index is 5.73. The fraction of sp³-hybridized carbons (Fsp3) is 0.500. The van der Waals surface area contributed by atoms with Crippen molar-refractivity contribution in [2.45, 2.75) is 38.2 Å². The molecule has 1 atom stereocenters. The van der Waals surface area contributed by atoms with Crippen LogP contribution in [0.1, 0.15) is 43.2 Å². The van der Waals surface area contributed by atoms with E-state index >= 15 is 0 Å². The quantitative estimate of drug-likeness (QED) is 0.361. The highest BCUT2D eigenvalue weighted by atomic mass is 16.5. The highest BCUT2D eigenvalue weighted by Crippen LogP contribution is 2.28. The summed E-state index contributed by atoms with van der Waals surface area (Å²) >= 11 is 0. The summed E-state index contributed by atoms with van der Waals surface area (Å²) in [6.07, 6.45) is 7.97. The first-order valence-electron chi connectivity index (χ1n) is 8.96. The molecule has 2 fully saturated rings. The molecular weight excluding hydrogens is 314 g/mol. The van der Waals surface area contributed by atoms with Crippen LogP contribution >= 0.6 is 0 Å². The number of methoxy groups -OCH3 is 1. The predicted molar refractivity (Wildman–Crippen MR) is 98.8 cm³/mol. The number of nitrogens with one attached hydrogen (secondary N) is 1. The first kappa shape index (κ1) is 17.5. The number of nitrogens with two attached hydrogens (primary N) is 1. The molecule has 1 aliphatic heterocycles. The van der Waals surface area contributed by atoms with Crippen LogP contribution in [0.5, 0.6) is 5.75 Å². The highest BCUT2D eigenvalue weighted by Gasteiger charge is 2.18. The lowest BCUT2D eigenvalue weighted by Gasteiger charge is -2.18. The van der Waals surface area contributed by atoms with E-state index in [-0.39, 0.29) is 6.10 Å². The molecule has 0 bridgehead atoms. The summed E-state index contributed by atoms with van der Waals surface area (Å²) in [5, 5.41) is 3.93. The Balaban J connectivity index is 1.74. The molecule has 1 heterocycles. The molecule has 1 saturated carbocycles. The molecule has 0 aromatic heterocycles. The van der Waals surface area contributed by atoms with Crippen molar-refractivity contribution in [3.63, 3.8) is 0 Å². The summed E-state index contributed by atoms with van der Waals surface area (Å²) in [4.78, 5) is 3.28. The Hall–Kier alpha value is -2.32. The molecule has 1 aromatic rings. The lowest BCUT2D eigenvalue weighted by atomic mass is 10.1. The predicted octanol–water partition coefficient (Wildman–Crippen LogP) is 0.840. The molecule has 132 valence electrons. The van der Waals surface area contributed by atoms with Crippen molar-refractivity contribution >= 4 is 11.9 Å². The Morgan fingerprint density at radius 3 is 2.96 bits per heavy atom. The zero-order chi connectivity index (χ0) is 17.5. The largest absolute Gasteiger partial charge is 0.496 e. The number of benzene rings is 1. The number of hydrogen-bond acceptors (Lipinski definition) is 4. The summed E-state index contributed by atoms with van der Waals surface area (Å²) in [5.41, 5.74) is 2.43. The Kier molecular flexibility index (Phi) is 6.08. The molecule has 5 nitrogen and oxygen atoms in total. The van der Waals surface area contributed by atoms with Crippen LogP contribution in [0.2, 0.25) is 0 Å². The Bertz CT molecular complexity index is 705. The molecule has 3 rings (SSSR count). The van der Waals surface area contributed by atoms with Crippen LogP contribution < -0.4 is 15.6 Å². The van der Waals surface area contributed by atoms with Crippen LogP contribution in [0, 0.1) is 17.8 Å². The number of rotatable bonds is 5. The first-order chi connectivity index (χ1) is 12.3. The van der Waals surface area contributed by atoms with E-state index in [0.717, 1.165) is 42.9 Å². The van der Waals surface area contributed by atoms with E-state index in [2.05, 4.69) is 21.9 Å². The summed E-state index contributed by atoms with van der Waals surface area (Å²) in [6.45, 7) is 1.60. The van der Waals surface area contributed by atoms with Gasteiger partial charge in [0, 0.05) is 18.1 Å². The third kappa shape index (κ3) is 5.07. The molecule has 1 aromatic carbocycles. The van der Waals surface area contributed by atoms with Gasteiger partial charge in [0.05, 0.1) is 12.7 Å². The van der Waals surface area contributed by atoms with Gasteiger partial charge in [-0.2, -0.15) is 5.10 Å². The van der Waals surface area contributed by atoms with Gasteiger partial charge in [0.25, 0.3) is 0 Å². The third-order valence-electron chi connectivity index (χ3n) is 4.47. The van der Waals surface area contributed by atoms with E-state index in [1.165, 1.54) is 19.3 Å². The Morgan fingerprint density at radius 2 is 2.28 bits per heavy atom. The lowest BCUT2D eigenvalue weighted by molar-refractivity contribution is -0.465. The molecule has 0 spiro atoms. The summed E-state index contributed by atoms with van der Waals surface area (Å²) in [6, 6.07) is 5.86. The van der Waals surface area contributed by atoms with Gasteiger partial charge < -0.3 is 15.3 Å². The second kappa shape index (κ2) is 8.68. The number of ether oxygens (including phenoxy) is 2. The van der Waals surface area contributed by atoms with E-state index in [1.54, 1.807) is 7.11 Å². The van der Waals surface area contributed by atoms with Crippen LogP contribution in [0.3, 0.4) is 0 Å². The monoisotopic (exact) mass is 340 g/mol. The van der Waals surface area contributed by atoms with Crippen molar-refractivity contribution in [1.82, 2.24) is 0 Å². The SMILES string of the molecule is COc1ccc(C#CC2CC2)cc1/C(C=[NH+]CC1CCCCO1)=N/N. The highest BCUT2D eigenvalue weighted by molar-refractivity contribution is 6.37. The second-order valence-electron chi connectivity index (χ2n) is 6.51. The van der Waals surface area contributed by atoms with Crippen molar-refractivity contribution in [3.05, 3.63) is 29.3 Å². The zero-order valence-corrected chi connectivity index (χ0v) is 14.8. The summed E-state index contributed by atoms with van der Waals surface area (Å²) in [7, 11) is 1.64. The van der Waals surface area contributed by atoms with Crippen LogP contribution in [-0.4, -0.2) is 38.3 Å². The van der Waals surface area contributed by atoms with Crippen molar-refractivity contribution < 1.29 is 14.5 Å². The Morgan fingerprint density at radius 1 is 1.40 bits per heavy atom. The molecule has 0 radical (unpaired) electrons. The van der Waals surface area contributed by atoms with Crippen LogP contribution in [0.4, 0.5) is 0 Å². The minimum atomic E-state index is 0.252. The van der Waals surface area contributed by atoms with Gasteiger partial charge in [-0.05, 0) is 50.3 Å². The molecular formula is C20H26N3O2+. The number of hydrogen-bond donors (Lipinski definition) is 2. The van der Waals surface area contributed by atoms with E-state index < -0.39 is 0 Å². The van der Waals surface area contributed by atoms with Crippen LogP contribution in [-0.2, 0) is 4.74 Å². The van der Waals surface area contributed by atoms with Crippen LogP contribution in [0.15, 0.2) is 23.3 Å². The molecule has 0 amide bonds. The average Bonchev–Trinajstić information content (AvgIpc) is 3.49. The van der Waals surface area contributed by atoms with Crippen LogP contribution in [0.25, 0.3) is 0 Å². The normalized spacial score (nSPS) is 21.0. The standard InChI is InChI=1S/C20H25N3O2/c1-24-20-10-9-16(8-7-15-5-6-15)12-18(20)19(23-21)14-22-13-17-4-2-3-11-25-17/h9-10,12,14-15,17H,2-6,11,13,21H2,1H3/p+1/b22-14?,23-19+. The fourth-order valence-corrected chi connectivity index (χ4v) is 2.84. The molecule has 1 unspecified atom stereocenters. The topological polar surface area (TPSA) is 70.8 Å². The average molecular weight is 340 g/mol. The van der Waals surface area contributed by atoms with E-state index in [4.69, 9.17) is 15.3 Å². The molecule has 25 heavy (non-hydrogen) atoms. The Labute approximate surface area is 149 Å². The van der Waals surface area contributed by atoms with Gasteiger partial charge in [-0.25, -0.2) is 4.99 Å². The summed E-state index contributed by atoms with van der Waals surface area (Å²) < 4.78 is 11.2. The van der Waals surface area contributed by atoms with E-state index in [0.29, 0.717) is 11.6 Å². The van der Waals surface area contributed by atoms with Gasteiger partial charge >= 0.3 is 0 Å². The van der Waals surface area contributed by atoms with Crippen molar-refractivity contribution in [3.8, 4) is 17.6 Å². The molecule has 3 N–H and O–H groups in total. The maximum Gasteiger partial charge on any atom is 0.190 e. The smallest absolute Gasteiger partial charge is 0.190 e. The van der Waals surface area contributed by atoms with Gasteiger partial charge in [0.1, 0.15) is 11.9 Å². The molecule has 2 aliphatic rings. The van der Waals surface area contributed by atoms with Crippen molar-refractivity contribution in [2.24, 2.45) is 16.9 Å². The van der Waals surface area contributed by atoms with Gasteiger partial charge in [0.2, 0.25) is 0 Å². The van der Waals surface area contributed by atoms with Gasteiger partial charge in [-0.3, -0.25) is 0 Å². The number of nitrogens with zero attached hydrogens (tertiary/aromatic N) is 1. The maximum absolute atomic E-state index is 5.73. The van der Waals surface area contributed by atoms with Gasteiger partial charge in [-0.1, -0.05) is 11.8 Å². The van der Waals surface area contributed by atoms with E-state index in [1.807, 2.05) is 24.4 Å².